The van der Waals surface area contributed by atoms with Crippen molar-refractivity contribution in [3.63, 3.8) is 0 Å². The second kappa shape index (κ2) is 6.40. The van der Waals surface area contributed by atoms with Crippen molar-refractivity contribution in [2.75, 3.05) is 18.6 Å². The average molecular weight is 368 g/mol. The number of carbonyl (C=O) groups excluding carboxylic acids is 2. The van der Waals surface area contributed by atoms with Crippen LogP contribution in [0.1, 0.15) is 42.0 Å². The van der Waals surface area contributed by atoms with Crippen molar-refractivity contribution in [1.29, 1.82) is 0 Å². The van der Waals surface area contributed by atoms with Crippen molar-refractivity contribution in [1.82, 2.24) is 15.5 Å². The smallest absolute Gasteiger partial charge is 0.272 e. The van der Waals surface area contributed by atoms with E-state index in [-0.39, 0.29) is 23.8 Å². The molecule has 2 aromatic rings. The Bertz CT molecular complexity index is 902. The second-order valence-electron chi connectivity index (χ2n) is 8.07. The van der Waals surface area contributed by atoms with Gasteiger partial charge in [-0.05, 0) is 36.8 Å². The summed E-state index contributed by atoms with van der Waals surface area (Å²) in [6.45, 7) is 4.52. The van der Waals surface area contributed by atoms with Crippen LogP contribution in [0.3, 0.4) is 0 Å². The van der Waals surface area contributed by atoms with Crippen molar-refractivity contribution < 1.29 is 14.3 Å². The third kappa shape index (κ3) is 3.18. The van der Waals surface area contributed by atoms with Crippen molar-refractivity contribution in [2.45, 2.75) is 39.2 Å². The fraction of sp³-hybridized carbons (Fsp3) is 0.450. The molecule has 2 N–H and O–H groups in total. The Labute approximate surface area is 158 Å². The Morgan fingerprint density at radius 1 is 1.37 bits per heavy atom. The van der Waals surface area contributed by atoms with E-state index in [9.17, 15) is 9.59 Å². The number of ether oxygens (including phenoxy) is 1. The third-order valence-electron chi connectivity index (χ3n) is 5.44. The molecule has 27 heavy (non-hydrogen) atoms. The molecule has 1 aromatic carbocycles. The Kier molecular flexibility index (Phi) is 4.17. The third-order valence-corrected chi connectivity index (χ3v) is 5.44. The summed E-state index contributed by atoms with van der Waals surface area (Å²) in [5, 5.41) is 10.1. The van der Waals surface area contributed by atoms with Crippen LogP contribution < -0.4 is 15.0 Å². The number of anilines is 1. The number of fused-ring (bicyclic) bond motifs is 2. The van der Waals surface area contributed by atoms with Crippen molar-refractivity contribution >= 4 is 17.5 Å². The van der Waals surface area contributed by atoms with Crippen LogP contribution in [0.5, 0.6) is 5.75 Å². The lowest BCUT2D eigenvalue weighted by Crippen LogP contribution is -2.49. The highest BCUT2D eigenvalue weighted by atomic mass is 16.5. The molecule has 0 spiro atoms. The van der Waals surface area contributed by atoms with E-state index in [2.05, 4.69) is 29.4 Å². The molecule has 0 saturated carbocycles. The number of hydrogen-bond acceptors (Lipinski definition) is 4. The number of rotatable bonds is 2. The van der Waals surface area contributed by atoms with Gasteiger partial charge in [0.25, 0.3) is 11.8 Å². The molecule has 2 aliphatic rings. The molecule has 4 rings (SSSR count). The van der Waals surface area contributed by atoms with Crippen molar-refractivity contribution in [3.05, 3.63) is 41.2 Å². The van der Waals surface area contributed by atoms with E-state index in [1.807, 2.05) is 24.3 Å². The lowest BCUT2D eigenvalue weighted by Gasteiger charge is -2.29. The fourth-order valence-corrected chi connectivity index (χ4v) is 3.82. The van der Waals surface area contributed by atoms with Gasteiger partial charge in [0.05, 0.1) is 5.69 Å². The molecule has 2 amide bonds. The monoisotopic (exact) mass is 368 g/mol. The standard InChI is InChI=1S/C20H24N4O3/c1-20(2)9-8-12-13(10-20)22-23-17(12)18(25)21-14-11-27-16-7-5-4-6-15(16)24(3)19(14)26/h4-7,14H,8-11H2,1-3H3,(H,21,25)(H,22,23)/t14-/m0/s1. The van der Waals surface area contributed by atoms with Crippen LogP contribution in [-0.4, -0.2) is 41.7 Å². The number of aromatic nitrogens is 2. The molecule has 1 aliphatic heterocycles. The molecule has 2 heterocycles. The van der Waals surface area contributed by atoms with Gasteiger partial charge in [-0.15, -0.1) is 0 Å². The highest BCUT2D eigenvalue weighted by Crippen LogP contribution is 2.35. The van der Waals surface area contributed by atoms with Crippen LogP contribution in [0.25, 0.3) is 0 Å². The molecule has 1 atom stereocenters. The van der Waals surface area contributed by atoms with E-state index in [1.165, 1.54) is 4.90 Å². The van der Waals surface area contributed by atoms with Crippen LogP contribution in [0, 0.1) is 5.41 Å². The molecule has 0 radical (unpaired) electrons. The Balaban J connectivity index is 1.53. The number of nitrogens with zero attached hydrogens (tertiary/aromatic N) is 2. The van der Waals surface area contributed by atoms with Gasteiger partial charge in [0.15, 0.2) is 5.69 Å². The maximum atomic E-state index is 12.8. The van der Waals surface area contributed by atoms with Crippen LogP contribution in [0.2, 0.25) is 0 Å². The van der Waals surface area contributed by atoms with E-state index in [4.69, 9.17) is 4.74 Å². The zero-order chi connectivity index (χ0) is 19.2. The van der Waals surface area contributed by atoms with Gasteiger partial charge in [-0.25, -0.2) is 0 Å². The van der Waals surface area contributed by atoms with Gasteiger partial charge in [-0.3, -0.25) is 14.7 Å². The van der Waals surface area contributed by atoms with Gasteiger partial charge >= 0.3 is 0 Å². The Hall–Kier alpha value is -2.83. The number of benzene rings is 1. The van der Waals surface area contributed by atoms with Gasteiger partial charge in [0, 0.05) is 18.3 Å². The second-order valence-corrected chi connectivity index (χ2v) is 8.07. The number of likely N-dealkylation sites (N-methyl/N-ethyl adjacent to an activating group) is 1. The molecule has 142 valence electrons. The van der Waals surface area contributed by atoms with E-state index in [0.717, 1.165) is 30.5 Å². The number of para-hydroxylation sites is 2. The number of hydrogen-bond donors (Lipinski definition) is 2. The first-order valence-corrected chi connectivity index (χ1v) is 9.22. The summed E-state index contributed by atoms with van der Waals surface area (Å²) in [4.78, 5) is 27.1. The predicted molar refractivity (Wildman–Crippen MR) is 101 cm³/mol. The minimum atomic E-state index is -0.762. The lowest BCUT2D eigenvalue weighted by molar-refractivity contribution is -0.120. The molecule has 0 fully saturated rings. The SMILES string of the molecule is CN1C(=O)[C@@H](NC(=O)c2n[nH]c3c2CCC(C)(C)C3)COc2ccccc21. The molecule has 7 heteroatoms. The summed E-state index contributed by atoms with van der Waals surface area (Å²) in [5.41, 5.74) is 3.26. The molecule has 1 aliphatic carbocycles. The normalized spacial score (nSPS) is 20.9. The largest absolute Gasteiger partial charge is 0.489 e. The van der Waals surface area contributed by atoms with E-state index < -0.39 is 6.04 Å². The van der Waals surface area contributed by atoms with Crippen LogP contribution in [0.4, 0.5) is 5.69 Å². The molecule has 1 aromatic heterocycles. The maximum Gasteiger partial charge on any atom is 0.272 e. The van der Waals surface area contributed by atoms with Gasteiger partial charge in [-0.1, -0.05) is 26.0 Å². The summed E-state index contributed by atoms with van der Waals surface area (Å²) in [7, 11) is 1.69. The average Bonchev–Trinajstić information content (AvgIpc) is 3.01. The summed E-state index contributed by atoms with van der Waals surface area (Å²) >= 11 is 0. The molecular formula is C20H24N4O3. The van der Waals surface area contributed by atoms with Crippen LogP contribution >= 0.6 is 0 Å². The molecular weight excluding hydrogens is 344 g/mol. The molecule has 0 bridgehead atoms. The van der Waals surface area contributed by atoms with Crippen molar-refractivity contribution in [2.24, 2.45) is 5.41 Å². The number of carbonyl (C=O) groups is 2. The van der Waals surface area contributed by atoms with Gasteiger partial charge in [0.2, 0.25) is 0 Å². The zero-order valence-electron chi connectivity index (χ0n) is 15.8. The van der Waals surface area contributed by atoms with E-state index >= 15 is 0 Å². The first-order valence-electron chi connectivity index (χ1n) is 9.22. The van der Waals surface area contributed by atoms with Gasteiger partial charge in [0.1, 0.15) is 18.4 Å². The highest BCUT2D eigenvalue weighted by Gasteiger charge is 2.34. The Morgan fingerprint density at radius 2 is 2.15 bits per heavy atom. The first kappa shape index (κ1) is 17.6. The van der Waals surface area contributed by atoms with Crippen molar-refractivity contribution in [3.8, 4) is 5.75 Å². The summed E-state index contributed by atoms with van der Waals surface area (Å²) in [5.74, 6) is 0.0804. The lowest BCUT2D eigenvalue weighted by atomic mass is 9.76. The Morgan fingerprint density at radius 3 is 2.96 bits per heavy atom. The number of amides is 2. The molecule has 7 nitrogen and oxygen atoms in total. The minimum absolute atomic E-state index is 0.0889. The maximum absolute atomic E-state index is 12.8. The minimum Gasteiger partial charge on any atom is -0.489 e. The molecule has 0 saturated heterocycles. The predicted octanol–water partition coefficient (Wildman–Crippen LogP) is 2.08. The van der Waals surface area contributed by atoms with Crippen LogP contribution in [0.15, 0.2) is 24.3 Å². The highest BCUT2D eigenvalue weighted by molar-refractivity contribution is 6.03. The summed E-state index contributed by atoms with van der Waals surface area (Å²) in [6, 6.07) is 6.58. The van der Waals surface area contributed by atoms with Crippen LogP contribution in [-0.2, 0) is 17.6 Å². The van der Waals surface area contributed by atoms with Gasteiger partial charge in [-0.2, -0.15) is 5.10 Å². The number of aromatic amines is 1. The fourth-order valence-electron chi connectivity index (χ4n) is 3.82. The summed E-state index contributed by atoms with van der Waals surface area (Å²) < 4.78 is 5.75. The van der Waals surface area contributed by atoms with E-state index in [1.54, 1.807) is 7.05 Å². The number of nitrogens with one attached hydrogen (secondary N) is 2. The summed E-state index contributed by atoms with van der Waals surface area (Å²) in [6.07, 6.45) is 2.68. The molecule has 0 unspecified atom stereocenters. The van der Waals surface area contributed by atoms with E-state index in [0.29, 0.717) is 17.1 Å². The zero-order valence-corrected chi connectivity index (χ0v) is 15.8. The first-order chi connectivity index (χ1) is 12.9. The quantitative estimate of drug-likeness (QED) is 0.850. The number of H-pyrrole nitrogens is 1. The van der Waals surface area contributed by atoms with Gasteiger partial charge < -0.3 is 15.0 Å². The topological polar surface area (TPSA) is 87.3 Å².